The molecule has 1 aromatic carbocycles. The van der Waals surface area contributed by atoms with Gasteiger partial charge in [-0.15, -0.1) is 0 Å². The van der Waals surface area contributed by atoms with Gasteiger partial charge >= 0.3 is 0 Å². The topological polar surface area (TPSA) is 43.8 Å². The minimum absolute atomic E-state index is 0.212. The zero-order valence-corrected chi connectivity index (χ0v) is 12.1. The molecule has 0 amide bonds. The van der Waals surface area contributed by atoms with Crippen LogP contribution in [0.5, 0.6) is 0 Å². The number of nitrogens with two attached hydrogens (primary N) is 1. The van der Waals surface area contributed by atoms with Crippen LogP contribution in [0.4, 0.5) is 4.39 Å². The van der Waals surface area contributed by atoms with Gasteiger partial charge in [0.25, 0.3) is 0 Å². The van der Waals surface area contributed by atoms with Gasteiger partial charge in [0.05, 0.1) is 11.4 Å². The molecule has 0 radical (unpaired) electrons. The van der Waals surface area contributed by atoms with E-state index >= 15 is 0 Å². The molecule has 2 aliphatic rings. The largest absolute Gasteiger partial charge is 0.330 e. The van der Waals surface area contributed by atoms with Crippen LogP contribution in [0.1, 0.15) is 54.5 Å². The third-order valence-corrected chi connectivity index (χ3v) is 4.73. The summed E-state index contributed by atoms with van der Waals surface area (Å²) in [5.74, 6) is 0.809. The first-order valence-corrected chi connectivity index (χ1v) is 7.85. The molecule has 2 aliphatic carbocycles. The Morgan fingerprint density at radius 3 is 2.86 bits per heavy atom. The molecule has 1 heterocycles. The lowest BCUT2D eigenvalue weighted by Crippen LogP contribution is -2.19. The molecule has 1 aromatic heterocycles. The summed E-state index contributed by atoms with van der Waals surface area (Å²) in [6.45, 7) is 0.682. The predicted molar refractivity (Wildman–Crippen MR) is 80.2 cm³/mol. The number of nitrogens with zero attached hydrogens (tertiary/aromatic N) is 2. The first kappa shape index (κ1) is 13.0. The van der Waals surface area contributed by atoms with Crippen LogP contribution >= 0.6 is 0 Å². The van der Waals surface area contributed by atoms with Crippen molar-refractivity contribution in [2.75, 3.05) is 6.54 Å². The van der Waals surface area contributed by atoms with Crippen LogP contribution in [0.25, 0.3) is 5.69 Å². The van der Waals surface area contributed by atoms with Gasteiger partial charge in [-0.1, -0.05) is 6.07 Å². The minimum atomic E-state index is -0.212. The minimum Gasteiger partial charge on any atom is -0.330 e. The standard InChI is InChI=1S/C17H20FN3/c18-13-4-2-5-14(9-13)21-15-6-1-3-12(10-19)16(15)17(20-21)11-7-8-11/h2,4-5,9,11-12H,1,3,6-8,10,19H2. The van der Waals surface area contributed by atoms with Gasteiger partial charge < -0.3 is 5.73 Å². The zero-order valence-electron chi connectivity index (χ0n) is 12.1. The van der Waals surface area contributed by atoms with Gasteiger partial charge in [0.2, 0.25) is 0 Å². The van der Waals surface area contributed by atoms with Crippen molar-refractivity contribution in [3.05, 3.63) is 47.0 Å². The number of hydrogen-bond donors (Lipinski definition) is 1. The van der Waals surface area contributed by atoms with Crippen molar-refractivity contribution in [2.45, 2.75) is 43.9 Å². The summed E-state index contributed by atoms with van der Waals surface area (Å²) in [6.07, 6.45) is 5.76. The molecule has 1 fully saturated rings. The molecular formula is C17H20FN3. The molecule has 110 valence electrons. The highest BCUT2D eigenvalue weighted by molar-refractivity contribution is 5.43. The third-order valence-electron chi connectivity index (χ3n) is 4.73. The Hall–Kier alpha value is -1.68. The molecule has 21 heavy (non-hydrogen) atoms. The molecule has 0 spiro atoms. The normalized spacial score (nSPS) is 21.3. The summed E-state index contributed by atoms with van der Waals surface area (Å²) in [5.41, 5.74) is 10.7. The van der Waals surface area contributed by atoms with E-state index in [1.165, 1.54) is 35.9 Å². The Bertz CT molecular complexity index is 673. The maximum atomic E-state index is 13.5. The number of hydrogen-bond acceptors (Lipinski definition) is 2. The lowest BCUT2D eigenvalue weighted by molar-refractivity contribution is 0.547. The van der Waals surface area contributed by atoms with Gasteiger partial charge in [0.1, 0.15) is 5.82 Å². The number of fused-ring (bicyclic) bond motifs is 1. The van der Waals surface area contributed by atoms with Crippen molar-refractivity contribution in [3.63, 3.8) is 0 Å². The second-order valence-electron chi connectivity index (χ2n) is 6.24. The van der Waals surface area contributed by atoms with E-state index in [-0.39, 0.29) is 5.82 Å². The zero-order chi connectivity index (χ0) is 14.4. The molecule has 1 saturated carbocycles. The summed E-state index contributed by atoms with van der Waals surface area (Å²) in [7, 11) is 0. The van der Waals surface area contributed by atoms with Crippen LogP contribution in [0.2, 0.25) is 0 Å². The molecule has 1 atom stereocenters. The second kappa shape index (κ2) is 4.95. The maximum Gasteiger partial charge on any atom is 0.125 e. The monoisotopic (exact) mass is 285 g/mol. The van der Waals surface area contributed by atoms with Crippen LogP contribution in [0.15, 0.2) is 24.3 Å². The van der Waals surface area contributed by atoms with Gasteiger partial charge in [-0.3, -0.25) is 0 Å². The molecule has 1 unspecified atom stereocenters. The molecule has 0 aliphatic heterocycles. The number of halogens is 1. The van der Waals surface area contributed by atoms with E-state index in [0.29, 0.717) is 18.4 Å². The second-order valence-corrected chi connectivity index (χ2v) is 6.24. The Balaban J connectivity index is 1.88. The molecular weight excluding hydrogens is 265 g/mol. The van der Waals surface area contributed by atoms with Gasteiger partial charge in [-0.25, -0.2) is 9.07 Å². The third kappa shape index (κ3) is 2.18. The van der Waals surface area contributed by atoms with Crippen LogP contribution < -0.4 is 5.73 Å². The molecule has 2 N–H and O–H groups in total. The SMILES string of the molecule is NCC1CCCc2c1c(C1CC1)nn2-c1cccc(F)c1. The van der Waals surface area contributed by atoms with Crippen molar-refractivity contribution >= 4 is 0 Å². The van der Waals surface area contributed by atoms with Gasteiger partial charge in [0, 0.05) is 17.2 Å². The van der Waals surface area contributed by atoms with Crippen LogP contribution in [0, 0.1) is 5.82 Å². The molecule has 0 bridgehead atoms. The average molecular weight is 285 g/mol. The van der Waals surface area contributed by atoms with E-state index in [4.69, 9.17) is 10.8 Å². The lowest BCUT2D eigenvalue weighted by Gasteiger charge is -2.22. The fourth-order valence-electron chi connectivity index (χ4n) is 3.54. The van der Waals surface area contributed by atoms with Crippen molar-refractivity contribution in [2.24, 2.45) is 5.73 Å². The Morgan fingerprint density at radius 1 is 1.29 bits per heavy atom. The van der Waals surface area contributed by atoms with Gasteiger partial charge in [0.15, 0.2) is 0 Å². The van der Waals surface area contributed by atoms with Gasteiger partial charge in [-0.2, -0.15) is 5.10 Å². The fraction of sp³-hybridized carbons (Fsp3) is 0.471. The summed E-state index contributed by atoms with van der Waals surface area (Å²) >= 11 is 0. The first-order chi connectivity index (χ1) is 10.3. The van der Waals surface area contributed by atoms with Crippen LogP contribution in [-0.2, 0) is 6.42 Å². The molecule has 0 saturated heterocycles. The quantitative estimate of drug-likeness (QED) is 0.940. The Labute approximate surface area is 124 Å². The van der Waals surface area contributed by atoms with Crippen molar-refractivity contribution in [1.82, 2.24) is 9.78 Å². The van der Waals surface area contributed by atoms with Crippen LogP contribution in [-0.4, -0.2) is 16.3 Å². The number of aromatic nitrogens is 2. The number of benzene rings is 1. The molecule has 4 rings (SSSR count). The van der Waals surface area contributed by atoms with E-state index in [1.54, 1.807) is 12.1 Å². The summed E-state index contributed by atoms with van der Waals surface area (Å²) in [4.78, 5) is 0. The van der Waals surface area contributed by atoms with Crippen LogP contribution in [0.3, 0.4) is 0 Å². The maximum absolute atomic E-state index is 13.5. The van der Waals surface area contributed by atoms with E-state index in [9.17, 15) is 4.39 Å². The Kier molecular flexibility index (Phi) is 3.07. The highest BCUT2D eigenvalue weighted by atomic mass is 19.1. The predicted octanol–water partition coefficient (Wildman–Crippen LogP) is 3.27. The summed E-state index contributed by atoms with van der Waals surface area (Å²) in [5, 5.41) is 4.86. The Morgan fingerprint density at radius 2 is 2.14 bits per heavy atom. The van der Waals surface area contributed by atoms with Crippen molar-refractivity contribution < 1.29 is 4.39 Å². The van der Waals surface area contributed by atoms with Gasteiger partial charge in [-0.05, 0) is 62.8 Å². The fourth-order valence-corrected chi connectivity index (χ4v) is 3.54. The molecule has 3 nitrogen and oxygen atoms in total. The van der Waals surface area contributed by atoms with E-state index in [0.717, 1.165) is 24.9 Å². The summed E-state index contributed by atoms with van der Waals surface area (Å²) in [6, 6.07) is 6.72. The average Bonchev–Trinajstić information content (AvgIpc) is 3.27. The lowest BCUT2D eigenvalue weighted by atomic mass is 9.84. The smallest absolute Gasteiger partial charge is 0.125 e. The number of rotatable bonds is 3. The highest BCUT2D eigenvalue weighted by Crippen LogP contribution is 2.46. The van der Waals surface area contributed by atoms with E-state index < -0.39 is 0 Å². The molecule has 2 aromatic rings. The van der Waals surface area contributed by atoms with E-state index in [1.807, 2.05) is 10.7 Å². The molecule has 4 heteroatoms. The van der Waals surface area contributed by atoms with Crippen molar-refractivity contribution in [3.8, 4) is 5.69 Å². The van der Waals surface area contributed by atoms with Crippen molar-refractivity contribution in [1.29, 1.82) is 0 Å². The highest BCUT2D eigenvalue weighted by Gasteiger charge is 2.35. The first-order valence-electron chi connectivity index (χ1n) is 7.85. The summed E-state index contributed by atoms with van der Waals surface area (Å²) < 4.78 is 15.5. The van der Waals surface area contributed by atoms with E-state index in [2.05, 4.69) is 0 Å².